The highest BCUT2D eigenvalue weighted by molar-refractivity contribution is 6.23. The Bertz CT molecular complexity index is 4280. The van der Waals surface area contributed by atoms with Gasteiger partial charge < -0.3 is 8.98 Å². The van der Waals surface area contributed by atoms with Gasteiger partial charge in [0.25, 0.3) is 0 Å². The molecule has 1 atom stereocenters. The molecule has 0 saturated heterocycles. The summed E-state index contributed by atoms with van der Waals surface area (Å²) in [5.74, 6) is 0.314. The SMILES string of the molecule is C1=CC(c2cccc3ccccc23)CC=C1C1=CC(c2cccc3oc4ccc(-c5ccc6c(c5)c5ccccc5n6-c5ccccc5)cc4c23)=NC(c2ccc(-c3cccc4ccccc34)cc2)=CCC1. The Labute approximate surface area is 418 Å². The van der Waals surface area contributed by atoms with Gasteiger partial charge in [0.2, 0.25) is 0 Å². The normalized spacial score (nSPS) is 15.2. The fourth-order valence-electron chi connectivity index (χ4n) is 11.5. The number of allylic oxidation sites excluding steroid dienone is 7. The van der Waals surface area contributed by atoms with Crippen LogP contribution in [0.2, 0.25) is 0 Å². The lowest BCUT2D eigenvalue weighted by Crippen LogP contribution is -2.06. The highest BCUT2D eigenvalue weighted by atomic mass is 16.3. The molecule has 1 aliphatic heterocycles. The average Bonchev–Trinajstić information content (AvgIpc) is 3.99. The van der Waals surface area contributed by atoms with Crippen molar-refractivity contribution in [3.8, 4) is 27.9 Å². The lowest BCUT2D eigenvalue weighted by atomic mass is 9.84. The summed E-state index contributed by atoms with van der Waals surface area (Å²) in [5.41, 5.74) is 18.0. The number of nitrogens with zero attached hydrogens (tertiary/aromatic N) is 2. The van der Waals surface area contributed by atoms with E-state index in [4.69, 9.17) is 9.41 Å². The van der Waals surface area contributed by atoms with Crippen LogP contribution in [0.3, 0.4) is 0 Å². The molecule has 3 heteroatoms. The van der Waals surface area contributed by atoms with Crippen molar-refractivity contribution < 1.29 is 4.42 Å². The molecule has 14 rings (SSSR count). The second-order valence-corrected chi connectivity index (χ2v) is 19.2. The van der Waals surface area contributed by atoms with Gasteiger partial charge >= 0.3 is 0 Å². The van der Waals surface area contributed by atoms with E-state index in [9.17, 15) is 0 Å². The van der Waals surface area contributed by atoms with Gasteiger partial charge in [-0.15, -0.1) is 0 Å². The van der Waals surface area contributed by atoms with Crippen LogP contribution in [0.4, 0.5) is 0 Å². The average molecular weight is 921 g/mol. The van der Waals surface area contributed by atoms with Crippen molar-refractivity contribution in [2.75, 3.05) is 0 Å². The van der Waals surface area contributed by atoms with Gasteiger partial charge in [-0.1, -0.05) is 194 Å². The number of fused-ring (bicyclic) bond motifs is 8. The van der Waals surface area contributed by atoms with Gasteiger partial charge in [0, 0.05) is 38.7 Å². The molecule has 2 aromatic heterocycles. The van der Waals surface area contributed by atoms with Gasteiger partial charge in [0.15, 0.2) is 0 Å². The summed E-state index contributed by atoms with van der Waals surface area (Å²) >= 11 is 0. The molecular weight excluding hydrogens is 873 g/mol. The van der Waals surface area contributed by atoms with Gasteiger partial charge in [-0.2, -0.15) is 0 Å². The van der Waals surface area contributed by atoms with Crippen LogP contribution in [0, 0.1) is 0 Å². The number of para-hydroxylation sites is 2. The van der Waals surface area contributed by atoms with Crippen LogP contribution in [0.1, 0.15) is 41.9 Å². The number of hydrogen-bond donors (Lipinski definition) is 0. The van der Waals surface area contributed by atoms with Gasteiger partial charge in [0.05, 0.1) is 22.4 Å². The van der Waals surface area contributed by atoms with Crippen LogP contribution in [0.15, 0.2) is 269 Å². The highest BCUT2D eigenvalue weighted by Crippen LogP contribution is 2.41. The molecule has 0 radical (unpaired) electrons. The van der Waals surface area contributed by atoms with E-state index >= 15 is 0 Å². The summed E-state index contributed by atoms with van der Waals surface area (Å²) in [6, 6.07) is 79.0. The fourth-order valence-corrected chi connectivity index (χ4v) is 11.5. The first-order valence-electron chi connectivity index (χ1n) is 25.2. The summed E-state index contributed by atoms with van der Waals surface area (Å²) in [5, 5.41) is 9.72. The van der Waals surface area contributed by atoms with Crippen molar-refractivity contribution in [1.29, 1.82) is 0 Å². The summed E-state index contributed by atoms with van der Waals surface area (Å²) in [4.78, 5) is 5.68. The van der Waals surface area contributed by atoms with Crippen LogP contribution in [-0.2, 0) is 0 Å². The molecule has 12 aromatic rings. The molecule has 72 heavy (non-hydrogen) atoms. The summed E-state index contributed by atoms with van der Waals surface area (Å²) < 4.78 is 9.09. The smallest absolute Gasteiger partial charge is 0.136 e. The number of hydrogen-bond acceptors (Lipinski definition) is 2. The van der Waals surface area contributed by atoms with Crippen molar-refractivity contribution in [1.82, 2.24) is 4.57 Å². The van der Waals surface area contributed by atoms with E-state index in [1.54, 1.807) is 0 Å². The van der Waals surface area contributed by atoms with E-state index in [1.807, 2.05) is 0 Å². The third-order valence-electron chi connectivity index (χ3n) is 15.1. The first-order valence-corrected chi connectivity index (χ1v) is 25.2. The summed E-state index contributed by atoms with van der Waals surface area (Å²) in [6.07, 6.45) is 14.6. The lowest BCUT2D eigenvalue weighted by Gasteiger charge is -2.21. The van der Waals surface area contributed by atoms with E-state index < -0.39 is 0 Å². The van der Waals surface area contributed by atoms with E-state index in [0.29, 0.717) is 5.92 Å². The van der Waals surface area contributed by atoms with Gasteiger partial charge in [-0.05, 0) is 140 Å². The van der Waals surface area contributed by atoms with E-state index in [0.717, 1.165) is 80.6 Å². The third kappa shape index (κ3) is 7.24. The zero-order valence-electron chi connectivity index (χ0n) is 39.7. The monoisotopic (exact) mass is 920 g/mol. The van der Waals surface area contributed by atoms with Gasteiger partial charge in [0.1, 0.15) is 11.2 Å². The standard InChI is InChI=1S/C69H48N2O/c1-2-19-54(20-3-1)71-65-28-9-8-23-59(65)61-42-52(38-40-66(61)71)53-39-41-67-62(43-53)69-60(26-13-29-68(69)72-67)64-44-51(45-30-32-48(33-31-45)57-24-10-16-46-14-4-6-21-55(46)57)18-12-27-63(70-64)50-36-34-49(35-37-50)58-25-11-17-47-15-5-7-22-56(47)58/h1-11,13-17,19-32,34-44,48H,12,18,33H2. The Kier molecular flexibility index (Phi) is 10.1. The maximum Gasteiger partial charge on any atom is 0.136 e. The topological polar surface area (TPSA) is 30.4 Å². The predicted molar refractivity (Wildman–Crippen MR) is 303 cm³/mol. The Morgan fingerprint density at radius 1 is 0.472 bits per heavy atom. The molecule has 340 valence electrons. The molecule has 0 fully saturated rings. The minimum atomic E-state index is 0.314. The molecule has 0 bridgehead atoms. The predicted octanol–water partition coefficient (Wildman–Crippen LogP) is 18.5. The maximum atomic E-state index is 6.72. The Hall–Kier alpha value is -9.05. The Balaban J connectivity index is 0.888. The number of aliphatic imine (C=N–C) groups is 1. The second kappa shape index (κ2) is 17.4. The first kappa shape index (κ1) is 41.9. The number of aromatic nitrogens is 1. The minimum absolute atomic E-state index is 0.314. The Morgan fingerprint density at radius 3 is 1.96 bits per heavy atom. The van der Waals surface area contributed by atoms with Crippen molar-refractivity contribution in [3.63, 3.8) is 0 Å². The largest absolute Gasteiger partial charge is 0.456 e. The molecule has 0 spiro atoms. The van der Waals surface area contributed by atoms with E-state index in [2.05, 4.69) is 253 Å². The summed E-state index contributed by atoms with van der Waals surface area (Å²) in [7, 11) is 0. The van der Waals surface area contributed by atoms with E-state index in [-0.39, 0.29) is 0 Å². The second-order valence-electron chi connectivity index (χ2n) is 19.2. The lowest BCUT2D eigenvalue weighted by molar-refractivity contribution is 0.669. The molecule has 3 heterocycles. The third-order valence-corrected chi connectivity index (χ3v) is 15.1. The van der Waals surface area contributed by atoms with Crippen molar-refractivity contribution in [2.24, 2.45) is 4.99 Å². The summed E-state index contributed by atoms with van der Waals surface area (Å²) in [6.45, 7) is 0. The molecule has 0 N–H and O–H groups in total. The molecule has 0 amide bonds. The van der Waals surface area contributed by atoms with Crippen LogP contribution in [0.25, 0.3) is 98.9 Å². The van der Waals surface area contributed by atoms with Crippen molar-refractivity contribution in [2.45, 2.75) is 25.2 Å². The van der Waals surface area contributed by atoms with Gasteiger partial charge in [-0.25, -0.2) is 4.99 Å². The number of furan rings is 1. The maximum absolute atomic E-state index is 6.72. The van der Waals surface area contributed by atoms with Crippen molar-refractivity contribution in [3.05, 3.63) is 277 Å². The Morgan fingerprint density at radius 2 is 1.12 bits per heavy atom. The van der Waals surface area contributed by atoms with Crippen LogP contribution >= 0.6 is 0 Å². The fraction of sp³-hybridized carbons (Fsp3) is 0.0580. The van der Waals surface area contributed by atoms with E-state index in [1.165, 1.54) is 71.2 Å². The molecule has 1 aliphatic carbocycles. The molecular formula is C69H48N2O. The quantitative estimate of drug-likeness (QED) is 0.157. The molecule has 1 unspecified atom stereocenters. The van der Waals surface area contributed by atoms with Crippen LogP contribution in [0.5, 0.6) is 0 Å². The zero-order chi connectivity index (χ0) is 47.5. The molecule has 3 nitrogen and oxygen atoms in total. The van der Waals surface area contributed by atoms with Crippen LogP contribution in [-0.4, -0.2) is 10.3 Å². The van der Waals surface area contributed by atoms with Crippen molar-refractivity contribution >= 4 is 76.7 Å². The minimum Gasteiger partial charge on any atom is -0.456 e. The van der Waals surface area contributed by atoms with Crippen LogP contribution < -0.4 is 0 Å². The number of benzene rings is 10. The molecule has 0 saturated carbocycles. The first-order chi connectivity index (χ1) is 35.7. The molecule has 10 aromatic carbocycles. The number of rotatable bonds is 7. The molecule has 2 aliphatic rings. The van der Waals surface area contributed by atoms with Gasteiger partial charge in [-0.3, -0.25) is 0 Å². The zero-order valence-corrected chi connectivity index (χ0v) is 39.7. The highest BCUT2D eigenvalue weighted by Gasteiger charge is 2.21.